The van der Waals surface area contributed by atoms with Crippen molar-refractivity contribution in [3.05, 3.63) is 71.3 Å². The van der Waals surface area contributed by atoms with Gasteiger partial charge in [0.15, 0.2) is 0 Å². The Morgan fingerprint density at radius 3 is 2.09 bits per heavy atom. The molecule has 0 spiro atoms. The summed E-state index contributed by atoms with van der Waals surface area (Å²) in [6, 6.07) is 15.7. The highest BCUT2D eigenvalue weighted by molar-refractivity contribution is 6.46. The molecule has 1 N–H and O–H groups in total. The number of amides is 1. The van der Waals surface area contributed by atoms with Crippen molar-refractivity contribution in [2.75, 3.05) is 33.3 Å². The summed E-state index contributed by atoms with van der Waals surface area (Å²) < 4.78 is 5.20. The van der Waals surface area contributed by atoms with Crippen molar-refractivity contribution in [3.63, 3.8) is 0 Å². The van der Waals surface area contributed by atoms with Gasteiger partial charge in [-0.3, -0.25) is 9.59 Å². The Hall–Kier alpha value is -3.12. The number of carbonyl (C=O) groups is 2. The molecular weight excluding hydrogens is 440 g/mol. The average Bonchev–Trinajstić information content (AvgIpc) is 3.15. The molecular formula is C29H38N2O4. The second kappa shape index (κ2) is 13.1. The number of ketones is 1. The fourth-order valence-corrected chi connectivity index (χ4v) is 4.56. The second-order valence-corrected chi connectivity index (χ2v) is 9.03. The van der Waals surface area contributed by atoms with E-state index in [2.05, 4.69) is 18.7 Å². The fourth-order valence-electron chi connectivity index (χ4n) is 4.56. The van der Waals surface area contributed by atoms with Gasteiger partial charge in [0, 0.05) is 12.1 Å². The van der Waals surface area contributed by atoms with E-state index in [1.165, 1.54) is 0 Å². The molecule has 1 heterocycles. The average molecular weight is 479 g/mol. The number of carbonyl (C=O) groups excluding carboxylic acids is 2. The Kier molecular flexibility index (Phi) is 9.91. The first kappa shape index (κ1) is 26.5. The van der Waals surface area contributed by atoms with Crippen LogP contribution in [-0.4, -0.2) is 59.9 Å². The first-order valence-corrected chi connectivity index (χ1v) is 12.7. The molecule has 1 saturated heterocycles. The van der Waals surface area contributed by atoms with Gasteiger partial charge in [0.2, 0.25) is 0 Å². The molecule has 2 aromatic carbocycles. The van der Waals surface area contributed by atoms with Crippen molar-refractivity contribution < 1.29 is 19.4 Å². The number of hydrogen-bond acceptors (Lipinski definition) is 5. The van der Waals surface area contributed by atoms with E-state index in [-0.39, 0.29) is 11.3 Å². The largest absolute Gasteiger partial charge is 0.507 e. The third-order valence-electron chi connectivity index (χ3n) is 6.55. The number of unbranched alkanes of at least 4 members (excludes halogenated alkanes) is 2. The summed E-state index contributed by atoms with van der Waals surface area (Å²) in [4.78, 5) is 30.4. The molecule has 188 valence electrons. The number of likely N-dealkylation sites (tertiary alicyclic amines) is 1. The number of Topliss-reactive ketones (excluding diaryl/α,β-unsaturated/α-hetero) is 1. The van der Waals surface area contributed by atoms with Crippen LogP contribution in [0.25, 0.3) is 5.76 Å². The number of nitrogens with zero attached hydrogens (tertiary/aromatic N) is 2. The summed E-state index contributed by atoms with van der Waals surface area (Å²) in [5.74, 6) is -0.698. The van der Waals surface area contributed by atoms with E-state index in [0.717, 1.165) is 57.3 Å². The lowest BCUT2D eigenvalue weighted by molar-refractivity contribution is -0.140. The van der Waals surface area contributed by atoms with E-state index in [1.807, 2.05) is 30.3 Å². The number of aliphatic hydroxyl groups is 1. The van der Waals surface area contributed by atoms with Crippen molar-refractivity contribution in [1.82, 2.24) is 9.80 Å². The van der Waals surface area contributed by atoms with Crippen molar-refractivity contribution in [3.8, 4) is 5.75 Å². The highest BCUT2D eigenvalue weighted by Crippen LogP contribution is 2.39. The monoisotopic (exact) mass is 478 g/mol. The van der Waals surface area contributed by atoms with E-state index in [9.17, 15) is 14.7 Å². The van der Waals surface area contributed by atoms with Crippen LogP contribution in [0.2, 0.25) is 0 Å². The number of hydrogen-bond donors (Lipinski definition) is 1. The summed E-state index contributed by atoms with van der Waals surface area (Å²) in [6.07, 6.45) is 5.37. The molecule has 0 aliphatic carbocycles. The highest BCUT2D eigenvalue weighted by Gasteiger charge is 2.45. The Balaban J connectivity index is 1.88. The second-order valence-electron chi connectivity index (χ2n) is 9.03. The Labute approximate surface area is 209 Å². The van der Waals surface area contributed by atoms with Gasteiger partial charge in [-0.15, -0.1) is 0 Å². The van der Waals surface area contributed by atoms with Crippen LogP contribution in [0.3, 0.4) is 0 Å². The topological polar surface area (TPSA) is 70.1 Å². The molecule has 1 aliphatic heterocycles. The van der Waals surface area contributed by atoms with Gasteiger partial charge in [0.25, 0.3) is 11.7 Å². The first-order chi connectivity index (χ1) is 17.0. The molecule has 0 radical (unpaired) electrons. The zero-order valence-electron chi connectivity index (χ0n) is 21.2. The van der Waals surface area contributed by atoms with E-state index >= 15 is 0 Å². The molecule has 35 heavy (non-hydrogen) atoms. The molecule has 2 aromatic rings. The summed E-state index contributed by atoms with van der Waals surface area (Å²) in [5, 5.41) is 11.2. The van der Waals surface area contributed by atoms with Crippen LogP contribution >= 0.6 is 0 Å². The zero-order valence-corrected chi connectivity index (χ0v) is 21.2. The molecule has 6 nitrogen and oxygen atoms in total. The minimum atomic E-state index is -0.638. The van der Waals surface area contributed by atoms with Gasteiger partial charge >= 0.3 is 0 Å². The van der Waals surface area contributed by atoms with Crippen molar-refractivity contribution >= 4 is 17.4 Å². The standard InChI is InChI=1S/C29H38N2O4/c1-4-6-18-30(19-7-5-2)20-11-21-31-26(22-12-9-8-10-13-22)25(28(33)29(31)34)27(32)23-14-16-24(35-3)17-15-23/h8-10,12-17,26,32H,4-7,11,18-21H2,1-3H3/b27-25+. The number of methoxy groups -OCH3 is 1. The zero-order chi connectivity index (χ0) is 25.2. The molecule has 1 fully saturated rings. The lowest BCUT2D eigenvalue weighted by atomic mass is 9.95. The van der Waals surface area contributed by atoms with Gasteiger partial charge in [-0.2, -0.15) is 0 Å². The predicted octanol–water partition coefficient (Wildman–Crippen LogP) is 5.41. The van der Waals surface area contributed by atoms with Crippen LogP contribution in [0.15, 0.2) is 60.2 Å². The number of benzene rings is 2. The fraction of sp³-hybridized carbons (Fsp3) is 0.448. The van der Waals surface area contributed by atoms with E-state index < -0.39 is 17.7 Å². The third kappa shape index (κ3) is 6.51. The normalized spacial score (nSPS) is 17.4. The van der Waals surface area contributed by atoms with Gasteiger partial charge in [-0.1, -0.05) is 57.0 Å². The molecule has 3 rings (SSSR count). The smallest absolute Gasteiger partial charge is 0.295 e. The molecule has 1 unspecified atom stereocenters. The van der Waals surface area contributed by atoms with Crippen molar-refractivity contribution in [2.45, 2.75) is 52.0 Å². The SMILES string of the molecule is CCCCN(CCCC)CCCN1C(=O)C(=O)/C(=C(/O)c2ccc(OC)cc2)C1c1ccccc1. The first-order valence-electron chi connectivity index (χ1n) is 12.7. The number of rotatable bonds is 13. The maximum Gasteiger partial charge on any atom is 0.295 e. The summed E-state index contributed by atoms with van der Waals surface area (Å²) in [7, 11) is 1.57. The maximum absolute atomic E-state index is 13.2. The molecule has 1 aliphatic rings. The maximum atomic E-state index is 13.2. The lowest BCUT2D eigenvalue weighted by Gasteiger charge is -2.27. The van der Waals surface area contributed by atoms with Gasteiger partial charge in [-0.25, -0.2) is 0 Å². The summed E-state index contributed by atoms with van der Waals surface area (Å²) in [5.41, 5.74) is 1.44. The number of aliphatic hydroxyl groups excluding tert-OH is 1. The van der Waals surface area contributed by atoms with Crippen LogP contribution in [-0.2, 0) is 9.59 Å². The Bertz CT molecular complexity index is 993. The van der Waals surface area contributed by atoms with Crippen LogP contribution < -0.4 is 4.74 Å². The minimum absolute atomic E-state index is 0.139. The van der Waals surface area contributed by atoms with Crippen LogP contribution in [0.5, 0.6) is 5.75 Å². The van der Waals surface area contributed by atoms with E-state index in [0.29, 0.717) is 17.9 Å². The Morgan fingerprint density at radius 2 is 1.51 bits per heavy atom. The van der Waals surface area contributed by atoms with E-state index in [1.54, 1.807) is 36.3 Å². The summed E-state index contributed by atoms with van der Waals surface area (Å²) >= 11 is 0. The molecule has 1 amide bonds. The van der Waals surface area contributed by atoms with Crippen LogP contribution in [0.4, 0.5) is 0 Å². The van der Waals surface area contributed by atoms with Gasteiger partial charge in [0.1, 0.15) is 11.5 Å². The van der Waals surface area contributed by atoms with Gasteiger partial charge in [-0.05, 0) is 68.7 Å². The van der Waals surface area contributed by atoms with Crippen LogP contribution in [0.1, 0.15) is 63.1 Å². The Morgan fingerprint density at radius 1 is 0.914 bits per heavy atom. The highest BCUT2D eigenvalue weighted by atomic mass is 16.5. The van der Waals surface area contributed by atoms with E-state index in [4.69, 9.17) is 4.74 Å². The molecule has 0 aromatic heterocycles. The van der Waals surface area contributed by atoms with Crippen molar-refractivity contribution in [1.29, 1.82) is 0 Å². The molecule has 6 heteroatoms. The number of ether oxygens (including phenoxy) is 1. The van der Waals surface area contributed by atoms with Crippen molar-refractivity contribution in [2.24, 2.45) is 0 Å². The molecule has 0 bridgehead atoms. The minimum Gasteiger partial charge on any atom is -0.507 e. The molecule has 1 atom stereocenters. The third-order valence-corrected chi connectivity index (χ3v) is 6.55. The summed E-state index contributed by atoms with van der Waals surface area (Å²) in [6.45, 7) is 7.82. The van der Waals surface area contributed by atoms with Gasteiger partial charge in [0.05, 0.1) is 18.7 Å². The predicted molar refractivity (Wildman–Crippen MR) is 139 cm³/mol. The van der Waals surface area contributed by atoms with Crippen LogP contribution in [0, 0.1) is 0 Å². The molecule has 0 saturated carbocycles. The lowest BCUT2D eigenvalue weighted by Crippen LogP contribution is -2.34. The van der Waals surface area contributed by atoms with Gasteiger partial charge < -0.3 is 19.6 Å². The quantitative estimate of drug-likeness (QED) is 0.237.